The molecule has 2 rings (SSSR count). The lowest BCUT2D eigenvalue weighted by atomic mass is 10.2. The zero-order valence-corrected chi connectivity index (χ0v) is 15.7. The number of allylic oxidation sites excluding steroid dienone is 3. The number of nitrogens with zero attached hydrogens (tertiary/aromatic N) is 1. The van der Waals surface area contributed by atoms with E-state index in [2.05, 4.69) is 0 Å². The number of carbonyl (C=O) groups is 1. The molecule has 1 aromatic heterocycles. The van der Waals surface area contributed by atoms with Crippen LogP contribution < -0.4 is 15.6 Å². The fourth-order valence-electron chi connectivity index (χ4n) is 2.57. The van der Waals surface area contributed by atoms with Crippen LogP contribution in [-0.4, -0.2) is 23.8 Å². The van der Waals surface area contributed by atoms with Crippen molar-refractivity contribution in [3.8, 4) is 5.75 Å². The van der Waals surface area contributed by atoms with Gasteiger partial charge in [0.05, 0.1) is 12.1 Å². The highest BCUT2D eigenvalue weighted by Gasteiger charge is 2.16. The van der Waals surface area contributed by atoms with Crippen LogP contribution in [0.3, 0.4) is 0 Å². The third-order valence-corrected chi connectivity index (χ3v) is 3.88. The third-order valence-electron chi connectivity index (χ3n) is 3.88. The van der Waals surface area contributed by atoms with Crippen molar-refractivity contribution in [1.82, 2.24) is 4.57 Å². The normalized spacial score (nSPS) is 11.4. The van der Waals surface area contributed by atoms with Crippen LogP contribution in [0.4, 0.5) is 0 Å². The van der Waals surface area contributed by atoms with Gasteiger partial charge in [0.25, 0.3) is 0 Å². The fraction of sp³-hybridized carbons (Fsp3) is 0.286. The average Bonchev–Trinajstić information content (AvgIpc) is 2.81. The number of carbonyl (C=O) groups excluding carboxylic acids is 1. The topological polar surface area (TPSA) is 74.6 Å². The summed E-state index contributed by atoms with van der Waals surface area (Å²) in [5.74, 6) is -0.499. The first-order valence-corrected chi connectivity index (χ1v) is 8.77. The first-order valence-electron chi connectivity index (χ1n) is 8.77. The Morgan fingerprint density at radius 3 is 2.48 bits per heavy atom. The van der Waals surface area contributed by atoms with Crippen LogP contribution in [-0.2, 0) is 11.3 Å². The van der Waals surface area contributed by atoms with Crippen LogP contribution in [0.25, 0.3) is 10.9 Å². The van der Waals surface area contributed by atoms with E-state index in [1.54, 1.807) is 23.6 Å². The molecule has 0 N–H and O–H groups in total. The molecule has 6 heteroatoms. The minimum atomic E-state index is -0.584. The van der Waals surface area contributed by atoms with Gasteiger partial charge in [-0.1, -0.05) is 24.3 Å². The molecule has 0 saturated carbocycles. The number of pyridine rings is 1. The lowest BCUT2D eigenvalue weighted by Gasteiger charge is -2.13. The van der Waals surface area contributed by atoms with Crippen LogP contribution >= 0.6 is 0 Å². The first-order chi connectivity index (χ1) is 13.0. The number of hydrogen-bond donors (Lipinski definition) is 0. The summed E-state index contributed by atoms with van der Waals surface area (Å²) in [6.07, 6.45) is 7.26. The van der Waals surface area contributed by atoms with Crippen molar-refractivity contribution in [3.05, 3.63) is 74.7 Å². The molecule has 0 radical (unpaired) electrons. The van der Waals surface area contributed by atoms with Crippen molar-refractivity contribution in [2.24, 2.45) is 0 Å². The maximum atomic E-state index is 12.7. The second kappa shape index (κ2) is 9.52. The smallest absolute Gasteiger partial charge is 0.355 e. The number of fused-ring (bicyclic) bond motifs is 1. The lowest BCUT2D eigenvalue weighted by molar-refractivity contribution is 0.0514. The highest BCUT2D eigenvalue weighted by atomic mass is 16.5. The van der Waals surface area contributed by atoms with Crippen LogP contribution in [0.15, 0.2) is 58.2 Å². The molecule has 0 spiro atoms. The van der Waals surface area contributed by atoms with Gasteiger partial charge in [0.2, 0.25) is 5.43 Å². The molecule has 0 amide bonds. The molecule has 0 atom stereocenters. The average molecular weight is 369 g/mol. The second-order valence-electron chi connectivity index (χ2n) is 5.68. The van der Waals surface area contributed by atoms with E-state index in [0.717, 1.165) is 0 Å². The van der Waals surface area contributed by atoms with Crippen molar-refractivity contribution in [3.63, 3.8) is 0 Å². The monoisotopic (exact) mass is 369 g/mol. The van der Waals surface area contributed by atoms with E-state index in [-0.39, 0.29) is 35.5 Å². The van der Waals surface area contributed by atoms with Gasteiger partial charge in [-0.2, -0.15) is 0 Å². The number of aromatic nitrogens is 1. The second-order valence-corrected chi connectivity index (χ2v) is 5.68. The van der Waals surface area contributed by atoms with Crippen molar-refractivity contribution >= 4 is 16.9 Å². The summed E-state index contributed by atoms with van der Waals surface area (Å²) >= 11 is 0. The van der Waals surface area contributed by atoms with E-state index in [1.165, 1.54) is 24.3 Å². The molecular weight excluding hydrogens is 346 g/mol. The molecule has 0 bridgehead atoms. The van der Waals surface area contributed by atoms with Gasteiger partial charge in [-0.15, -0.1) is 0 Å². The van der Waals surface area contributed by atoms with Crippen LogP contribution in [0.5, 0.6) is 5.75 Å². The Morgan fingerprint density at radius 1 is 1.07 bits per heavy atom. The van der Waals surface area contributed by atoms with Gasteiger partial charge in [-0.3, -0.25) is 9.59 Å². The molecule has 0 fully saturated rings. The molecule has 2 aromatic rings. The van der Waals surface area contributed by atoms with Crippen LogP contribution in [0.2, 0.25) is 0 Å². The van der Waals surface area contributed by atoms with E-state index >= 15 is 0 Å². The summed E-state index contributed by atoms with van der Waals surface area (Å²) in [6, 6.07) is 5.55. The molecule has 6 nitrogen and oxygen atoms in total. The highest BCUT2D eigenvalue weighted by Crippen LogP contribution is 2.16. The first kappa shape index (κ1) is 20.2. The zero-order valence-electron chi connectivity index (χ0n) is 15.7. The van der Waals surface area contributed by atoms with Gasteiger partial charge in [-0.25, -0.2) is 4.79 Å². The summed E-state index contributed by atoms with van der Waals surface area (Å²) in [6.45, 7) is 6.19. The summed E-state index contributed by atoms with van der Waals surface area (Å²) in [5.41, 5.74) is -0.120. The summed E-state index contributed by atoms with van der Waals surface area (Å²) in [4.78, 5) is 37.3. The van der Waals surface area contributed by atoms with Crippen molar-refractivity contribution in [2.75, 3.05) is 13.2 Å². The summed E-state index contributed by atoms with van der Waals surface area (Å²) < 4.78 is 12.2. The van der Waals surface area contributed by atoms with E-state index in [4.69, 9.17) is 9.47 Å². The van der Waals surface area contributed by atoms with E-state index < -0.39 is 5.97 Å². The zero-order chi connectivity index (χ0) is 19.8. The molecule has 0 aliphatic carbocycles. The van der Waals surface area contributed by atoms with E-state index in [0.29, 0.717) is 17.4 Å². The molecule has 0 saturated heterocycles. The Kier molecular flexibility index (Phi) is 7.11. The Morgan fingerprint density at radius 2 is 1.81 bits per heavy atom. The van der Waals surface area contributed by atoms with E-state index in [9.17, 15) is 14.4 Å². The minimum Gasteiger partial charge on any atom is -0.485 e. The molecule has 0 aliphatic heterocycles. The molecule has 1 heterocycles. The maximum absolute atomic E-state index is 12.7. The van der Waals surface area contributed by atoms with Gasteiger partial charge in [0.1, 0.15) is 12.3 Å². The van der Waals surface area contributed by atoms with Gasteiger partial charge in [0.15, 0.2) is 11.2 Å². The molecule has 0 unspecified atom stereocenters. The predicted molar refractivity (Wildman–Crippen MR) is 106 cm³/mol. The Hall–Kier alpha value is -3.15. The van der Waals surface area contributed by atoms with Crippen molar-refractivity contribution in [2.45, 2.75) is 27.3 Å². The summed E-state index contributed by atoms with van der Waals surface area (Å²) in [5, 5.41) is 0.296. The lowest BCUT2D eigenvalue weighted by Crippen LogP contribution is -2.19. The Labute approximate surface area is 157 Å². The molecule has 0 aliphatic rings. The van der Waals surface area contributed by atoms with Crippen molar-refractivity contribution in [1.29, 1.82) is 0 Å². The third kappa shape index (κ3) is 4.73. The SMILES string of the molecule is CC=CCOc1cc2c(=O)cc(C(=O)OCC)n(CC=CC)c2ccc1=O. The summed E-state index contributed by atoms with van der Waals surface area (Å²) in [7, 11) is 0. The fourth-order valence-corrected chi connectivity index (χ4v) is 2.57. The Balaban J connectivity index is 2.78. The number of rotatable bonds is 7. The quantitative estimate of drug-likeness (QED) is 0.554. The number of esters is 1. The van der Waals surface area contributed by atoms with Gasteiger partial charge in [-0.05, 0) is 39.0 Å². The van der Waals surface area contributed by atoms with E-state index in [1.807, 2.05) is 26.0 Å². The minimum absolute atomic E-state index is 0.0849. The van der Waals surface area contributed by atoms with Crippen LogP contribution in [0.1, 0.15) is 31.3 Å². The highest BCUT2D eigenvalue weighted by molar-refractivity contribution is 5.92. The molecule has 1 aromatic carbocycles. The predicted octanol–water partition coefficient (Wildman–Crippen LogP) is 3.07. The van der Waals surface area contributed by atoms with Crippen molar-refractivity contribution < 1.29 is 14.3 Å². The molecule has 27 heavy (non-hydrogen) atoms. The molecular formula is C21H23NO5. The maximum Gasteiger partial charge on any atom is 0.355 e. The molecule has 142 valence electrons. The Bertz CT molecular complexity index is 1000. The largest absolute Gasteiger partial charge is 0.485 e. The van der Waals surface area contributed by atoms with Gasteiger partial charge in [0, 0.05) is 18.0 Å². The van der Waals surface area contributed by atoms with Crippen LogP contribution in [0, 0.1) is 0 Å². The van der Waals surface area contributed by atoms with Gasteiger partial charge < -0.3 is 14.0 Å². The number of hydrogen-bond acceptors (Lipinski definition) is 5. The standard InChI is InChI=1S/C21H23NO5/c1-4-7-11-22-16-9-10-18(23)20(27-12-8-5-2)13-15(16)19(24)14-17(22)21(25)26-6-3/h4-5,7-10,13-14H,6,11-12H2,1-3H3. The number of ether oxygens (including phenoxy) is 2. The van der Waals surface area contributed by atoms with Gasteiger partial charge >= 0.3 is 5.97 Å².